The van der Waals surface area contributed by atoms with Crippen molar-refractivity contribution in [2.75, 3.05) is 13.1 Å². The van der Waals surface area contributed by atoms with Crippen LogP contribution >= 0.6 is 12.2 Å². The summed E-state index contributed by atoms with van der Waals surface area (Å²) in [7, 11) is 0. The highest BCUT2D eigenvalue weighted by Gasteiger charge is 2.30. The van der Waals surface area contributed by atoms with Crippen LogP contribution < -0.4 is 5.56 Å². The van der Waals surface area contributed by atoms with Crippen LogP contribution in [-0.2, 0) is 0 Å². The maximum Gasteiger partial charge on any atom is 0.260 e. The molecule has 5 nitrogen and oxygen atoms in total. The Hall–Kier alpha value is -1.92. The van der Waals surface area contributed by atoms with Gasteiger partial charge in [0.25, 0.3) is 5.56 Å². The summed E-state index contributed by atoms with van der Waals surface area (Å²) in [5, 5.41) is 10.4. The van der Waals surface area contributed by atoms with Crippen molar-refractivity contribution in [3.63, 3.8) is 0 Å². The Labute approximate surface area is 146 Å². The number of aromatic hydroxyl groups is 1. The number of nitrogens with zero attached hydrogens (tertiary/aromatic N) is 1. The van der Waals surface area contributed by atoms with Crippen LogP contribution in [0.1, 0.15) is 42.5 Å². The molecule has 0 saturated carbocycles. The van der Waals surface area contributed by atoms with E-state index in [0.717, 1.165) is 37.1 Å². The van der Waals surface area contributed by atoms with E-state index in [1.165, 1.54) is 0 Å². The standard InChI is InChI=1S/C18H23N3O2S/c1-11-3-5-13(6-4-11)15(21-9-7-12(2)8-10-21)14-16(22)19-18(24)20-17(14)23/h3-6,12,15H,7-10H2,1-2H3,(H3,19,20,22,23,24). The Morgan fingerprint density at radius 2 is 1.83 bits per heavy atom. The van der Waals surface area contributed by atoms with Crippen molar-refractivity contribution in [1.29, 1.82) is 0 Å². The average molecular weight is 345 g/mol. The number of hydrogen-bond acceptors (Lipinski definition) is 4. The van der Waals surface area contributed by atoms with Crippen molar-refractivity contribution >= 4 is 12.2 Å². The molecule has 6 heteroatoms. The van der Waals surface area contributed by atoms with Crippen LogP contribution in [0.2, 0.25) is 0 Å². The van der Waals surface area contributed by atoms with Crippen LogP contribution in [0.4, 0.5) is 0 Å². The van der Waals surface area contributed by atoms with E-state index in [2.05, 4.69) is 21.8 Å². The van der Waals surface area contributed by atoms with Crippen LogP contribution in [0.25, 0.3) is 0 Å². The SMILES string of the molecule is Cc1ccc(C(c2c(O)[nH]c(=S)[nH]c2=O)N2CCC(C)CC2)cc1. The highest BCUT2D eigenvalue weighted by Crippen LogP contribution is 2.33. The molecule has 1 aliphatic rings. The molecule has 0 aliphatic carbocycles. The minimum absolute atomic E-state index is 0.135. The van der Waals surface area contributed by atoms with Gasteiger partial charge in [-0.2, -0.15) is 0 Å². The van der Waals surface area contributed by atoms with Crippen molar-refractivity contribution in [3.8, 4) is 5.88 Å². The lowest BCUT2D eigenvalue weighted by Crippen LogP contribution is -2.39. The Bertz CT molecular complexity index is 817. The van der Waals surface area contributed by atoms with Gasteiger partial charge in [0.15, 0.2) is 4.77 Å². The van der Waals surface area contributed by atoms with Gasteiger partial charge in [-0.1, -0.05) is 36.8 Å². The van der Waals surface area contributed by atoms with Crippen molar-refractivity contribution in [2.24, 2.45) is 5.92 Å². The molecule has 2 aromatic rings. The largest absolute Gasteiger partial charge is 0.494 e. The zero-order chi connectivity index (χ0) is 17.3. The quantitative estimate of drug-likeness (QED) is 0.747. The van der Waals surface area contributed by atoms with E-state index in [1.54, 1.807) is 0 Å². The molecule has 1 aromatic heterocycles. The van der Waals surface area contributed by atoms with Gasteiger partial charge in [0.2, 0.25) is 5.88 Å². The van der Waals surface area contributed by atoms with E-state index in [1.807, 2.05) is 31.2 Å². The van der Waals surface area contributed by atoms with Crippen molar-refractivity contribution < 1.29 is 5.11 Å². The molecule has 3 rings (SSSR count). The van der Waals surface area contributed by atoms with Crippen LogP contribution in [0.3, 0.4) is 0 Å². The van der Waals surface area contributed by atoms with Crippen LogP contribution in [-0.4, -0.2) is 33.1 Å². The fourth-order valence-electron chi connectivity index (χ4n) is 3.33. The molecule has 1 atom stereocenters. The first-order valence-electron chi connectivity index (χ1n) is 8.32. The number of rotatable bonds is 3. The smallest absolute Gasteiger partial charge is 0.260 e. The average Bonchev–Trinajstić information content (AvgIpc) is 2.53. The summed E-state index contributed by atoms with van der Waals surface area (Å²) < 4.78 is 0.135. The minimum atomic E-state index is -0.333. The van der Waals surface area contributed by atoms with Crippen LogP contribution in [0.5, 0.6) is 5.88 Å². The summed E-state index contributed by atoms with van der Waals surface area (Å²) in [6, 6.07) is 7.84. The zero-order valence-corrected chi connectivity index (χ0v) is 14.8. The summed E-state index contributed by atoms with van der Waals surface area (Å²) in [6.45, 7) is 6.08. The maximum atomic E-state index is 12.5. The summed E-state index contributed by atoms with van der Waals surface area (Å²) in [5.41, 5.74) is 2.17. The second-order valence-electron chi connectivity index (χ2n) is 6.70. The van der Waals surface area contributed by atoms with Gasteiger partial charge in [0, 0.05) is 0 Å². The van der Waals surface area contributed by atoms with Crippen molar-refractivity contribution in [2.45, 2.75) is 32.7 Å². The number of H-pyrrole nitrogens is 2. The predicted molar refractivity (Wildman–Crippen MR) is 96.9 cm³/mol. The fraction of sp³-hybridized carbons (Fsp3) is 0.444. The molecular weight excluding hydrogens is 322 g/mol. The van der Waals surface area contributed by atoms with Crippen LogP contribution in [0.15, 0.2) is 29.1 Å². The highest BCUT2D eigenvalue weighted by atomic mass is 32.1. The lowest BCUT2D eigenvalue weighted by Gasteiger charge is -2.36. The number of aromatic amines is 2. The molecule has 3 N–H and O–H groups in total. The Morgan fingerprint density at radius 3 is 2.42 bits per heavy atom. The van der Waals surface area contributed by atoms with E-state index in [-0.39, 0.29) is 22.3 Å². The summed E-state index contributed by atoms with van der Waals surface area (Å²) in [6.07, 6.45) is 2.17. The van der Waals surface area contributed by atoms with E-state index in [0.29, 0.717) is 11.5 Å². The molecule has 2 heterocycles. The topological polar surface area (TPSA) is 72.1 Å². The van der Waals surface area contributed by atoms with E-state index in [9.17, 15) is 9.90 Å². The number of hydrogen-bond donors (Lipinski definition) is 3. The molecule has 24 heavy (non-hydrogen) atoms. The highest BCUT2D eigenvalue weighted by molar-refractivity contribution is 7.71. The molecular formula is C18H23N3O2S. The molecule has 1 aromatic carbocycles. The first-order chi connectivity index (χ1) is 11.5. The van der Waals surface area contributed by atoms with Crippen LogP contribution in [0, 0.1) is 17.6 Å². The number of nitrogens with one attached hydrogen (secondary N) is 2. The fourth-order valence-corrected chi connectivity index (χ4v) is 3.52. The lowest BCUT2D eigenvalue weighted by molar-refractivity contribution is 0.154. The molecule has 128 valence electrons. The first kappa shape index (κ1) is 16.9. The maximum absolute atomic E-state index is 12.5. The molecule has 0 radical (unpaired) electrons. The number of piperidine rings is 1. The number of benzene rings is 1. The number of aryl methyl sites for hydroxylation is 1. The van der Waals surface area contributed by atoms with E-state index in [4.69, 9.17) is 12.2 Å². The van der Waals surface area contributed by atoms with Gasteiger partial charge in [-0.05, 0) is 56.6 Å². The Balaban J connectivity index is 2.10. The monoisotopic (exact) mass is 345 g/mol. The molecule has 0 amide bonds. The third-order valence-corrected chi connectivity index (χ3v) is 5.01. The molecule has 1 aliphatic heterocycles. The summed E-state index contributed by atoms with van der Waals surface area (Å²) in [4.78, 5) is 20.1. The molecule has 0 spiro atoms. The molecule has 1 unspecified atom stereocenters. The Kier molecular flexibility index (Phi) is 4.87. The third-order valence-electron chi connectivity index (χ3n) is 4.81. The second kappa shape index (κ2) is 6.91. The molecule has 0 bridgehead atoms. The Morgan fingerprint density at radius 1 is 1.21 bits per heavy atom. The van der Waals surface area contributed by atoms with Gasteiger partial charge in [-0.25, -0.2) is 0 Å². The van der Waals surface area contributed by atoms with Gasteiger partial charge in [-0.15, -0.1) is 0 Å². The second-order valence-corrected chi connectivity index (χ2v) is 7.11. The van der Waals surface area contributed by atoms with Gasteiger partial charge < -0.3 is 10.1 Å². The lowest BCUT2D eigenvalue weighted by atomic mass is 9.92. The molecule has 1 fully saturated rings. The predicted octanol–water partition coefficient (Wildman–Crippen LogP) is 3.27. The normalized spacial score (nSPS) is 17.8. The van der Waals surface area contributed by atoms with Crippen molar-refractivity contribution in [1.82, 2.24) is 14.9 Å². The number of likely N-dealkylation sites (tertiary alicyclic amines) is 1. The van der Waals surface area contributed by atoms with Gasteiger partial charge in [0.1, 0.15) is 0 Å². The van der Waals surface area contributed by atoms with Gasteiger partial charge in [0.05, 0.1) is 11.6 Å². The number of aromatic nitrogens is 2. The van der Waals surface area contributed by atoms with E-state index < -0.39 is 0 Å². The van der Waals surface area contributed by atoms with Gasteiger partial charge >= 0.3 is 0 Å². The van der Waals surface area contributed by atoms with Crippen molar-refractivity contribution in [3.05, 3.63) is 56.1 Å². The minimum Gasteiger partial charge on any atom is -0.494 e. The summed E-state index contributed by atoms with van der Waals surface area (Å²) >= 11 is 4.95. The first-order valence-corrected chi connectivity index (χ1v) is 8.72. The molecule has 1 saturated heterocycles. The van der Waals surface area contributed by atoms with E-state index >= 15 is 0 Å². The summed E-state index contributed by atoms with van der Waals surface area (Å²) in [5.74, 6) is 0.543. The van der Waals surface area contributed by atoms with Gasteiger partial charge in [-0.3, -0.25) is 14.7 Å². The zero-order valence-electron chi connectivity index (χ0n) is 14.0. The third kappa shape index (κ3) is 3.44.